The Morgan fingerprint density at radius 2 is 1.91 bits per heavy atom. The molecule has 1 heterocycles. The molecule has 0 spiro atoms. The van der Waals surface area contributed by atoms with Gasteiger partial charge in [-0.1, -0.05) is 35.9 Å². The highest BCUT2D eigenvalue weighted by Gasteiger charge is 2.25. The van der Waals surface area contributed by atoms with Gasteiger partial charge in [-0.05, 0) is 41.5 Å². The first-order chi connectivity index (χ1) is 15.2. The number of amides is 1. The molecule has 0 atom stereocenters. The third kappa shape index (κ3) is 4.21. The highest BCUT2D eigenvalue weighted by Crippen LogP contribution is 2.36. The van der Waals surface area contributed by atoms with Crippen LogP contribution in [0.25, 0.3) is 11.1 Å². The van der Waals surface area contributed by atoms with Gasteiger partial charge in [0.25, 0.3) is 15.9 Å². The zero-order valence-electron chi connectivity index (χ0n) is 16.8. The monoisotopic (exact) mass is 476 g/mol. The van der Waals surface area contributed by atoms with E-state index in [1.165, 1.54) is 36.2 Å². The molecule has 166 valence electrons. The number of anilines is 1. The molecule has 0 saturated carbocycles. The minimum atomic E-state index is -4.42. The van der Waals surface area contributed by atoms with Gasteiger partial charge in [0.1, 0.15) is 16.5 Å². The summed E-state index contributed by atoms with van der Waals surface area (Å²) in [5.74, 6) is -1.46. The second kappa shape index (κ2) is 8.33. The molecular weight excluding hydrogens is 459 g/mol. The Morgan fingerprint density at radius 3 is 2.69 bits per heavy atom. The summed E-state index contributed by atoms with van der Waals surface area (Å²) in [7, 11) is -2.89. The maximum absolute atomic E-state index is 14.5. The molecule has 2 N–H and O–H groups in total. The Labute approximate surface area is 189 Å². The van der Waals surface area contributed by atoms with E-state index in [1.54, 1.807) is 24.3 Å². The van der Waals surface area contributed by atoms with Crippen LogP contribution in [0.3, 0.4) is 0 Å². The summed E-state index contributed by atoms with van der Waals surface area (Å²) >= 11 is 6.04. The average molecular weight is 477 g/mol. The predicted octanol–water partition coefficient (Wildman–Crippen LogP) is 4.00. The van der Waals surface area contributed by atoms with Gasteiger partial charge < -0.3 is 14.7 Å². The molecule has 0 aromatic heterocycles. The van der Waals surface area contributed by atoms with E-state index in [4.69, 9.17) is 16.3 Å². The predicted molar refractivity (Wildman–Crippen MR) is 118 cm³/mol. The molecule has 10 heteroatoms. The maximum atomic E-state index is 14.5. The van der Waals surface area contributed by atoms with Crippen LogP contribution in [0, 0.1) is 5.82 Å². The van der Waals surface area contributed by atoms with Crippen molar-refractivity contribution in [3.8, 4) is 22.6 Å². The maximum Gasteiger partial charge on any atom is 0.265 e. The first kappa shape index (κ1) is 21.9. The molecule has 0 radical (unpaired) electrons. The van der Waals surface area contributed by atoms with E-state index >= 15 is 0 Å². The zero-order chi connectivity index (χ0) is 23.0. The molecule has 4 rings (SSSR count). The van der Waals surface area contributed by atoms with Crippen LogP contribution >= 0.6 is 11.6 Å². The Bertz CT molecular complexity index is 1330. The van der Waals surface area contributed by atoms with Gasteiger partial charge in [-0.25, -0.2) is 12.8 Å². The van der Waals surface area contributed by atoms with Gasteiger partial charge in [0, 0.05) is 19.2 Å². The smallest absolute Gasteiger partial charge is 0.265 e. The summed E-state index contributed by atoms with van der Waals surface area (Å²) in [5.41, 5.74) is 1.05. The van der Waals surface area contributed by atoms with Crippen LogP contribution in [0.4, 0.5) is 10.1 Å². The molecule has 4 bridgehead atoms. The lowest BCUT2D eigenvalue weighted by molar-refractivity contribution is -0.132. The summed E-state index contributed by atoms with van der Waals surface area (Å²) < 4.78 is 48.5. The molecule has 0 saturated heterocycles. The molecule has 3 aromatic rings. The fourth-order valence-electron chi connectivity index (χ4n) is 3.34. The minimum absolute atomic E-state index is 0.00841. The molecule has 1 amide bonds. The number of likely N-dealkylation sites (N-methyl/N-ethyl adjacent to an activating group) is 1. The number of nitrogens with zero attached hydrogens (tertiary/aromatic N) is 1. The van der Waals surface area contributed by atoms with Crippen molar-refractivity contribution >= 4 is 33.2 Å². The highest BCUT2D eigenvalue weighted by molar-refractivity contribution is 7.92. The number of hydrogen-bond acceptors (Lipinski definition) is 5. The quantitative estimate of drug-likeness (QED) is 0.511. The number of fused-ring (bicyclic) bond motifs is 6. The topological polar surface area (TPSA) is 95.9 Å². The molecule has 1 aliphatic rings. The van der Waals surface area contributed by atoms with Crippen molar-refractivity contribution in [2.45, 2.75) is 11.4 Å². The first-order valence-corrected chi connectivity index (χ1v) is 11.3. The van der Waals surface area contributed by atoms with Gasteiger partial charge in [0.15, 0.2) is 12.4 Å². The molecule has 1 aliphatic heterocycles. The van der Waals surface area contributed by atoms with Crippen molar-refractivity contribution in [3.05, 3.63) is 71.0 Å². The zero-order valence-corrected chi connectivity index (χ0v) is 18.4. The van der Waals surface area contributed by atoms with Gasteiger partial charge in [-0.3, -0.25) is 9.52 Å². The Balaban J connectivity index is 1.92. The third-order valence-corrected chi connectivity index (χ3v) is 6.65. The molecule has 0 unspecified atom stereocenters. The number of phenolic OH excluding ortho intramolecular Hbond substituents is 1. The van der Waals surface area contributed by atoms with Crippen molar-refractivity contribution in [2.75, 3.05) is 18.4 Å². The minimum Gasteiger partial charge on any atom is -0.505 e. The van der Waals surface area contributed by atoms with Gasteiger partial charge in [-0.15, -0.1) is 0 Å². The van der Waals surface area contributed by atoms with Gasteiger partial charge in [0.05, 0.1) is 10.7 Å². The molecule has 3 aromatic carbocycles. The van der Waals surface area contributed by atoms with E-state index in [-0.39, 0.29) is 29.8 Å². The van der Waals surface area contributed by atoms with E-state index in [9.17, 15) is 22.7 Å². The third-order valence-electron chi connectivity index (χ3n) is 4.98. The Kier molecular flexibility index (Phi) is 5.70. The number of halogens is 2. The SMILES string of the molecule is CN1Cc2cc(Cl)c(O)c(c2)S(=O)(=O)Nc2cc(ccc2F)-c2ccccc2OCC1=O. The van der Waals surface area contributed by atoms with Crippen LogP contribution in [-0.2, 0) is 21.4 Å². The lowest BCUT2D eigenvalue weighted by Crippen LogP contribution is -2.31. The van der Waals surface area contributed by atoms with Gasteiger partial charge in [0.2, 0.25) is 0 Å². The summed E-state index contributed by atoms with van der Waals surface area (Å²) in [4.78, 5) is 13.4. The lowest BCUT2D eigenvalue weighted by atomic mass is 10.0. The lowest BCUT2D eigenvalue weighted by Gasteiger charge is -2.19. The Hall–Kier alpha value is -3.30. The number of aromatic hydroxyl groups is 1. The summed E-state index contributed by atoms with van der Waals surface area (Å²) in [6.07, 6.45) is 0. The van der Waals surface area contributed by atoms with Crippen molar-refractivity contribution in [3.63, 3.8) is 0 Å². The fraction of sp³-hybridized carbons (Fsp3) is 0.136. The summed E-state index contributed by atoms with van der Waals surface area (Å²) in [6.45, 7) is -0.259. The van der Waals surface area contributed by atoms with E-state index in [0.29, 0.717) is 22.4 Å². The summed E-state index contributed by atoms with van der Waals surface area (Å²) in [6, 6.07) is 13.3. The van der Waals surface area contributed by atoms with E-state index < -0.39 is 26.5 Å². The van der Waals surface area contributed by atoms with Crippen LogP contribution in [0.5, 0.6) is 11.5 Å². The number of benzene rings is 3. The van der Waals surface area contributed by atoms with Crippen molar-refractivity contribution in [2.24, 2.45) is 0 Å². The van der Waals surface area contributed by atoms with E-state index in [2.05, 4.69) is 4.72 Å². The number of hydrogen-bond donors (Lipinski definition) is 2. The van der Waals surface area contributed by atoms with Crippen LogP contribution in [0.2, 0.25) is 5.02 Å². The number of nitrogens with one attached hydrogen (secondary N) is 1. The Morgan fingerprint density at radius 1 is 1.16 bits per heavy atom. The van der Waals surface area contributed by atoms with E-state index in [1.807, 2.05) is 0 Å². The van der Waals surface area contributed by atoms with Crippen LogP contribution in [0.15, 0.2) is 59.5 Å². The molecular formula is C22H18ClFN2O5S. The van der Waals surface area contributed by atoms with Gasteiger partial charge >= 0.3 is 0 Å². The fourth-order valence-corrected chi connectivity index (χ4v) is 4.86. The van der Waals surface area contributed by atoms with E-state index in [0.717, 1.165) is 6.07 Å². The number of phenols is 1. The second-order valence-electron chi connectivity index (χ2n) is 7.26. The van der Waals surface area contributed by atoms with Crippen molar-refractivity contribution in [1.82, 2.24) is 4.90 Å². The molecule has 0 aliphatic carbocycles. The van der Waals surface area contributed by atoms with Crippen molar-refractivity contribution in [1.29, 1.82) is 0 Å². The van der Waals surface area contributed by atoms with Gasteiger partial charge in [-0.2, -0.15) is 0 Å². The molecule has 0 fully saturated rings. The second-order valence-corrected chi connectivity index (χ2v) is 9.32. The first-order valence-electron chi connectivity index (χ1n) is 9.45. The number of sulfonamides is 1. The molecule has 32 heavy (non-hydrogen) atoms. The average Bonchev–Trinajstić information content (AvgIpc) is 2.75. The summed E-state index contributed by atoms with van der Waals surface area (Å²) in [5, 5.41) is 10.1. The number of carbonyl (C=O) groups excluding carboxylic acids is 1. The molecule has 7 nitrogen and oxygen atoms in total. The van der Waals surface area contributed by atoms with Crippen LogP contribution < -0.4 is 9.46 Å². The van der Waals surface area contributed by atoms with Crippen LogP contribution in [0.1, 0.15) is 5.56 Å². The largest absolute Gasteiger partial charge is 0.505 e. The van der Waals surface area contributed by atoms with Crippen LogP contribution in [-0.4, -0.2) is 38.0 Å². The number of carbonyl (C=O) groups is 1. The van der Waals surface area contributed by atoms with Crippen molar-refractivity contribution < 1.29 is 27.4 Å². The highest BCUT2D eigenvalue weighted by atomic mass is 35.5. The number of ether oxygens (including phenoxy) is 1. The standard InChI is InChI=1S/C22H18ClFN2O5S/c1-26-11-13-8-16(23)22(28)20(9-13)32(29,30)25-18-10-14(6-7-17(18)24)15-4-2-3-5-19(15)31-12-21(26)27/h2-10,25,28H,11-12H2,1H3. The number of para-hydroxylation sites is 1. The number of rotatable bonds is 0. The normalized spacial score (nSPS) is 15.6.